The predicted molar refractivity (Wildman–Crippen MR) is 40.6 cm³/mol. The minimum atomic E-state index is 0.271. The number of nitrogens with one attached hydrogen (secondary N) is 1. The maximum absolute atomic E-state index is 11.1. The minimum Gasteiger partial charge on any atom is -0.356 e. The normalized spacial score (nSPS) is 26.1. The third kappa shape index (κ3) is 1.72. The van der Waals surface area contributed by atoms with Crippen LogP contribution in [0.3, 0.4) is 0 Å². The first-order valence-corrected chi connectivity index (χ1v) is 4.12. The SMILES string of the molecule is CCCC1CCCNC1=O. The number of rotatable bonds is 2. The molecule has 58 valence electrons. The van der Waals surface area contributed by atoms with Crippen LogP contribution in [0.1, 0.15) is 32.6 Å². The van der Waals surface area contributed by atoms with Gasteiger partial charge in [0.1, 0.15) is 0 Å². The Hall–Kier alpha value is -0.530. The van der Waals surface area contributed by atoms with Crippen LogP contribution in [0, 0.1) is 5.92 Å². The fraction of sp³-hybridized carbons (Fsp3) is 0.875. The second-order valence-corrected chi connectivity index (χ2v) is 2.92. The summed E-state index contributed by atoms with van der Waals surface area (Å²) in [6.45, 7) is 3.01. The lowest BCUT2D eigenvalue weighted by Gasteiger charge is -2.20. The zero-order valence-electron chi connectivity index (χ0n) is 6.52. The molecule has 0 aromatic rings. The number of piperidine rings is 1. The second kappa shape index (κ2) is 3.59. The van der Waals surface area contributed by atoms with Gasteiger partial charge in [-0.2, -0.15) is 0 Å². The molecule has 1 N–H and O–H groups in total. The summed E-state index contributed by atoms with van der Waals surface area (Å²) in [6.07, 6.45) is 4.44. The van der Waals surface area contributed by atoms with Crippen LogP contribution < -0.4 is 5.32 Å². The van der Waals surface area contributed by atoms with E-state index in [1.54, 1.807) is 0 Å². The molecular formula is C8H15NO. The molecule has 1 rings (SSSR count). The van der Waals surface area contributed by atoms with Gasteiger partial charge in [0.05, 0.1) is 0 Å². The van der Waals surface area contributed by atoms with E-state index in [9.17, 15) is 4.79 Å². The van der Waals surface area contributed by atoms with Gasteiger partial charge in [0.25, 0.3) is 0 Å². The van der Waals surface area contributed by atoms with Crippen molar-refractivity contribution in [3.63, 3.8) is 0 Å². The Morgan fingerprint density at radius 3 is 3.10 bits per heavy atom. The molecule has 0 aliphatic carbocycles. The lowest BCUT2D eigenvalue weighted by molar-refractivity contribution is -0.126. The van der Waals surface area contributed by atoms with Crippen LogP contribution in [0.25, 0.3) is 0 Å². The highest BCUT2D eigenvalue weighted by Gasteiger charge is 2.19. The maximum Gasteiger partial charge on any atom is 0.223 e. The molecule has 1 aliphatic rings. The Kier molecular flexibility index (Phi) is 2.72. The largest absolute Gasteiger partial charge is 0.356 e. The second-order valence-electron chi connectivity index (χ2n) is 2.92. The molecule has 0 aromatic carbocycles. The van der Waals surface area contributed by atoms with E-state index in [1.807, 2.05) is 0 Å². The molecule has 1 aliphatic heterocycles. The molecule has 1 unspecified atom stereocenters. The molecule has 1 fully saturated rings. The van der Waals surface area contributed by atoms with Crippen LogP contribution in [-0.2, 0) is 4.79 Å². The third-order valence-corrected chi connectivity index (χ3v) is 2.04. The first kappa shape index (κ1) is 7.58. The van der Waals surface area contributed by atoms with Crippen molar-refractivity contribution in [1.29, 1.82) is 0 Å². The van der Waals surface area contributed by atoms with Crippen LogP contribution in [-0.4, -0.2) is 12.5 Å². The van der Waals surface area contributed by atoms with E-state index in [0.717, 1.165) is 32.2 Å². The van der Waals surface area contributed by atoms with Crippen molar-refractivity contribution in [1.82, 2.24) is 5.32 Å². The van der Waals surface area contributed by atoms with Crippen LogP contribution >= 0.6 is 0 Å². The first-order chi connectivity index (χ1) is 4.84. The van der Waals surface area contributed by atoms with Crippen LogP contribution in [0.2, 0.25) is 0 Å². The summed E-state index contributed by atoms with van der Waals surface area (Å²) in [4.78, 5) is 11.1. The Labute approximate surface area is 62.0 Å². The van der Waals surface area contributed by atoms with Gasteiger partial charge in [-0.25, -0.2) is 0 Å². The summed E-state index contributed by atoms with van der Waals surface area (Å²) < 4.78 is 0. The first-order valence-electron chi connectivity index (χ1n) is 4.12. The zero-order chi connectivity index (χ0) is 7.40. The fourth-order valence-corrected chi connectivity index (χ4v) is 1.46. The topological polar surface area (TPSA) is 29.1 Å². The number of hydrogen-bond donors (Lipinski definition) is 1. The number of carbonyl (C=O) groups excluding carboxylic acids is 1. The molecule has 2 nitrogen and oxygen atoms in total. The monoisotopic (exact) mass is 141 g/mol. The summed E-state index contributed by atoms with van der Waals surface area (Å²) >= 11 is 0. The number of carbonyl (C=O) groups is 1. The van der Waals surface area contributed by atoms with Crippen molar-refractivity contribution in [2.45, 2.75) is 32.6 Å². The van der Waals surface area contributed by atoms with Crippen molar-refractivity contribution in [2.24, 2.45) is 5.92 Å². The average Bonchev–Trinajstić information content (AvgIpc) is 1.94. The van der Waals surface area contributed by atoms with Crippen molar-refractivity contribution >= 4 is 5.91 Å². The Morgan fingerprint density at radius 1 is 1.70 bits per heavy atom. The van der Waals surface area contributed by atoms with Gasteiger partial charge < -0.3 is 5.32 Å². The molecular weight excluding hydrogens is 126 g/mol. The Balaban J connectivity index is 2.32. The summed E-state index contributed by atoms with van der Waals surface area (Å²) in [5.41, 5.74) is 0. The third-order valence-electron chi connectivity index (χ3n) is 2.04. The van der Waals surface area contributed by atoms with Crippen molar-refractivity contribution in [3.05, 3.63) is 0 Å². The molecule has 0 saturated carbocycles. The Bertz CT molecular complexity index is 120. The highest BCUT2D eigenvalue weighted by Crippen LogP contribution is 2.16. The molecule has 0 spiro atoms. The van der Waals surface area contributed by atoms with E-state index in [2.05, 4.69) is 12.2 Å². The predicted octanol–water partition coefficient (Wildman–Crippen LogP) is 1.31. The summed E-state index contributed by atoms with van der Waals surface area (Å²) in [7, 11) is 0. The molecule has 0 bridgehead atoms. The molecule has 1 saturated heterocycles. The van der Waals surface area contributed by atoms with Gasteiger partial charge >= 0.3 is 0 Å². The number of amides is 1. The van der Waals surface area contributed by atoms with E-state index in [1.165, 1.54) is 0 Å². The standard InChI is InChI=1S/C8H15NO/c1-2-4-7-5-3-6-9-8(7)10/h7H,2-6H2,1H3,(H,9,10). The van der Waals surface area contributed by atoms with Gasteiger partial charge in [-0.3, -0.25) is 4.79 Å². The van der Waals surface area contributed by atoms with E-state index in [4.69, 9.17) is 0 Å². The van der Waals surface area contributed by atoms with Gasteiger partial charge in [-0.1, -0.05) is 13.3 Å². The lowest BCUT2D eigenvalue weighted by atomic mass is 9.94. The molecule has 0 aromatic heterocycles. The Morgan fingerprint density at radius 2 is 2.50 bits per heavy atom. The van der Waals surface area contributed by atoms with Crippen molar-refractivity contribution in [2.75, 3.05) is 6.54 Å². The highest BCUT2D eigenvalue weighted by atomic mass is 16.1. The summed E-state index contributed by atoms with van der Waals surface area (Å²) in [5, 5.41) is 2.88. The van der Waals surface area contributed by atoms with Crippen molar-refractivity contribution in [3.8, 4) is 0 Å². The minimum absolute atomic E-state index is 0.271. The molecule has 1 atom stereocenters. The average molecular weight is 141 g/mol. The van der Waals surface area contributed by atoms with Gasteiger partial charge in [0.15, 0.2) is 0 Å². The van der Waals surface area contributed by atoms with E-state index in [-0.39, 0.29) is 5.91 Å². The molecule has 1 heterocycles. The van der Waals surface area contributed by atoms with E-state index < -0.39 is 0 Å². The van der Waals surface area contributed by atoms with Gasteiger partial charge in [0, 0.05) is 12.5 Å². The smallest absolute Gasteiger partial charge is 0.223 e. The molecule has 0 radical (unpaired) electrons. The highest BCUT2D eigenvalue weighted by molar-refractivity contribution is 5.79. The maximum atomic E-state index is 11.1. The van der Waals surface area contributed by atoms with Crippen LogP contribution in [0.15, 0.2) is 0 Å². The van der Waals surface area contributed by atoms with E-state index >= 15 is 0 Å². The van der Waals surface area contributed by atoms with Gasteiger partial charge in [-0.15, -0.1) is 0 Å². The lowest BCUT2D eigenvalue weighted by Crippen LogP contribution is -2.36. The van der Waals surface area contributed by atoms with E-state index in [0.29, 0.717) is 5.92 Å². The van der Waals surface area contributed by atoms with Gasteiger partial charge in [-0.05, 0) is 19.3 Å². The number of hydrogen-bond acceptors (Lipinski definition) is 1. The van der Waals surface area contributed by atoms with Crippen molar-refractivity contribution < 1.29 is 4.79 Å². The quantitative estimate of drug-likeness (QED) is 0.617. The van der Waals surface area contributed by atoms with Crippen LogP contribution in [0.5, 0.6) is 0 Å². The fourth-order valence-electron chi connectivity index (χ4n) is 1.46. The van der Waals surface area contributed by atoms with Gasteiger partial charge in [0.2, 0.25) is 5.91 Å². The zero-order valence-corrected chi connectivity index (χ0v) is 6.52. The summed E-state index contributed by atoms with van der Waals surface area (Å²) in [5.74, 6) is 0.590. The molecule has 1 amide bonds. The molecule has 10 heavy (non-hydrogen) atoms. The van der Waals surface area contributed by atoms with Crippen LogP contribution in [0.4, 0.5) is 0 Å². The molecule has 2 heteroatoms. The summed E-state index contributed by atoms with van der Waals surface area (Å²) in [6, 6.07) is 0.